The van der Waals surface area contributed by atoms with Crippen LogP contribution in [0.5, 0.6) is 0 Å². The van der Waals surface area contributed by atoms with Gasteiger partial charge in [-0.25, -0.2) is 22.5 Å². The summed E-state index contributed by atoms with van der Waals surface area (Å²) in [6, 6.07) is 10.3. The zero-order valence-corrected chi connectivity index (χ0v) is 11.4. The Morgan fingerprint density at radius 3 is 2.80 bits per heavy atom. The summed E-state index contributed by atoms with van der Waals surface area (Å²) in [6.07, 6.45) is 2.10. The SMILES string of the molecule is O=S(=O)(NCC1Cc2ccccc21)c1ncccc1F. The molecule has 1 unspecified atom stereocenters. The smallest absolute Gasteiger partial charge is 0.241 e. The zero-order chi connectivity index (χ0) is 14.2. The molecule has 2 aromatic rings. The van der Waals surface area contributed by atoms with E-state index < -0.39 is 20.9 Å². The maximum atomic E-state index is 13.5. The van der Waals surface area contributed by atoms with Crippen LogP contribution in [-0.2, 0) is 16.4 Å². The minimum absolute atomic E-state index is 0.146. The fourth-order valence-corrected chi connectivity index (χ4v) is 3.47. The van der Waals surface area contributed by atoms with Crippen LogP contribution in [0.3, 0.4) is 0 Å². The first-order valence-electron chi connectivity index (χ1n) is 6.26. The van der Waals surface area contributed by atoms with Crippen molar-refractivity contribution in [2.24, 2.45) is 0 Å². The van der Waals surface area contributed by atoms with E-state index in [1.54, 1.807) is 0 Å². The molecule has 1 heterocycles. The monoisotopic (exact) mass is 292 g/mol. The highest BCUT2D eigenvalue weighted by Crippen LogP contribution is 2.34. The molecule has 3 rings (SSSR count). The molecule has 1 atom stereocenters. The summed E-state index contributed by atoms with van der Waals surface area (Å²) in [5, 5.41) is -0.549. The van der Waals surface area contributed by atoms with Gasteiger partial charge in [-0.1, -0.05) is 24.3 Å². The molecule has 4 nitrogen and oxygen atoms in total. The first kappa shape index (κ1) is 13.2. The molecule has 0 spiro atoms. The molecule has 1 aromatic heterocycles. The van der Waals surface area contributed by atoms with Gasteiger partial charge in [-0.15, -0.1) is 0 Å². The molecule has 0 aliphatic heterocycles. The highest BCUT2D eigenvalue weighted by Gasteiger charge is 2.28. The number of nitrogens with zero attached hydrogens (tertiary/aromatic N) is 1. The second kappa shape index (κ2) is 4.96. The van der Waals surface area contributed by atoms with Crippen LogP contribution in [0.25, 0.3) is 0 Å². The van der Waals surface area contributed by atoms with Crippen molar-refractivity contribution in [2.75, 3.05) is 6.54 Å². The van der Waals surface area contributed by atoms with Gasteiger partial charge in [0.15, 0.2) is 5.82 Å². The Bertz CT molecular complexity index is 746. The van der Waals surface area contributed by atoms with E-state index in [1.807, 2.05) is 24.3 Å². The van der Waals surface area contributed by atoms with Crippen LogP contribution in [0.4, 0.5) is 4.39 Å². The van der Waals surface area contributed by atoms with Gasteiger partial charge in [0.2, 0.25) is 5.03 Å². The van der Waals surface area contributed by atoms with Crippen molar-refractivity contribution in [2.45, 2.75) is 17.4 Å². The number of sulfonamides is 1. The number of halogens is 1. The summed E-state index contributed by atoms with van der Waals surface area (Å²) in [7, 11) is -3.90. The van der Waals surface area contributed by atoms with Gasteiger partial charge in [0.1, 0.15) is 0 Å². The normalized spacial score (nSPS) is 17.4. The van der Waals surface area contributed by atoms with Crippen molar-refractivity contribution in [1.29, 1.82) is 0 Å². The number of benzene rings is 1. The van der Waals surface area contributed by atoms with Gasteiger partial charge in [-0.3, -0.25) is 0 Å². The van der Waals surface area contributed by atoms with Gasteiger partial charge < -0.3 is 0 Å². The van der Waals surface area contributed by atoms with Crippen LogP contribution in [0, 0.1) is 5.82 Å². The molecule has 0 saturated carbocycles. The highest BCUT2D eigenvalue weighted by atomic mass is 32.2. The fraction of sp³-hybridized carbons (Fsp3) is 0.214. The third kappa shape index (κ3) is 2.32. The maximum Gasteiger partial charge on any atom is 0.261 e. The number of rotatable bonds is 4. The fourth-order valence-electron chi connectivity index (χ4n) is 2.39. The molecule has 20 heavy (non-hydrogen) atoms. The van der Waals surface area contributed by atoms with Crippen molar-refractivity contribution >= 4 is 10.0 Å². The summed E-state index contributed by atoms with van der Waals surface area (Å²) in [4.78, 5) is 3.59. The lowest BCUT2D eigenvalue weighted by Crippen LogP contribution is -2.34. The van der Waals surface area contributed by atoms with E-state index in [1.165, 1.54) is 17.8 Å². The average molecular weight is 292 g/mol. The van der Waals surface area contributed by atoms with Crippen molar-refractivity contribution in [3.8, 4) is 0 Å². The molecule has 0 amide bonds. The first-order chi connectivity index (χ1) is 9.58. The van der Waals surface area contributed by atoms with Crippen molar-refractivity contribution in [3.05, 3.63) is 59.5 Å². The van der Waals surface area contributed by atoms with Crippen LogP contribution in [0.15, 0.2) is 47.6 Å². The number of pyridine rings is 1. The van der Waals surface area contributed by atoms with Gasteiger partial charge in [0.25, 0.3) is 10.0 Å². The number of fused-ring (bicyclic) bond motifs is 1. The van der Waals surface area contributed by atoms with Gasteiger partial charge in [0.05, 0.1) is 0 Å². The number of nitrogens with one attached hydrogen (secondary N) is 1. The molecule has 0 fully saturated rings. The molecular weight excluding hydrogens is 279 g/mol. The topological polar surface area (TPSA) is 59.1 Å². The van der Waals surface area contributed by atoms with Crippen LogP contribution < -0.4 is 4.72 Å². The van der Waals surface area contributed by atoms with E-state index >= 15 is 0 Å². The number of aromatic nitrogens is 1. The molecule has 1 aliphatic carbocycles. The lowest BCUT2D eigenvalue weighted by molar-refractivity contribution is 0.530. The Morgan fingerprint density at radius 2 is 2.05 bits per heavy atom. The molecule has 104 valence electrons. The Morgan fingerprint density at radius 1 is 1.25 bits per heavy atom. The Kier molecular flexibility index (Phi) is 3.27. The van der Waals surface area contributed by atoms with Crippen LogP contribution in [0.2, 0.25) is 0 Å². The molecule has 0 radical (unpaired) electrons. The largest absolute Gasteiger partial charge is 0.261 e. The summed E-state index contributed by atoms with van der Waals surface area (Å²) in [6.45, 7) is 0.259. The van der Waals surface area contributed by atoms with E-state index in [0.29, 0.717) is 0 Å². The van der Waals surface area contributed by atoms with Crippen molar-refractivity contribution in [1.82, 2.24) is 9.71 Å². The molecule has 6 heteroatoms. The van der Waals surface area contributed by atoms with E-state index in [0.717, 1.165) is 18.1 Å². The molecule has 1 aliphatic rings. The number of hydrogen-bond acceptors (Lipinski definition) is 3. The highest BCUT2D eigenvalue weighted by molar-refractivity contribution is 7.89. The van der Waals surface area contributed by atoms with Gasteiger partial charge >= 0.3 is 0 Å². The van der Waals surface area contributed by atoms with Crippen LogP contribution in [0.1, 0.15) is 17.0 Å². The summed E-state index contributed by atoms with van der Waals surface area (Å²) < 4.78 is 39.9. The van der Waals surface area contributed by atoms with Gasteiger partial charge in [-0.05, 0) is 29.7 Å². The molecular formula is C14H13FN2O2S. The first-order valence-corrected chi connectivity index (χ1v) is 7.74. The Hall–Kier alpha value is -1.79. The van der Waals surface area contributed by atoms with E-state index in [-0.39, 0.29) is 12.5 Å². The van der Waals surface area contributed by atoms with Gasteiger partial charge in [0, 0.05) is 18.7 Å². The van der Waals surface area contributed by atoms with Crippen molar-refractivity contribution in [3.63, 3.8) is 0 Å². The molecule has 0 bridgehead atoms. The van der Waals surface area contributed by atoms with Crippen molar-refractivity contribution < 1.29 is 12.8 Å². The third-order valence-corrected chi connectivity index (χ3v) is 4.82. The number of hydrogen-bond donors (Lipinski definition) is 1. The molecule has 1 N–H and O–H groups in total. The van der Waals surface area contributed by atoms with E-state index in [9.17, 15) is 12.8 Å². The Labute approximate surface area is 116 Å². The standard InChI is InChI=1S/C14H13FN2O2S/c15-13-6-3-7-16-14(13)20(18,19)17-9-11-8-10-4-1-2-5-12(10)11/h1-7,11,17H,8-9H2. The Balaban J connectivity index is 1.72. The minimum atomic E-state index is -3.90. The lowest BCUT2D eigenvalue weighted by atomic mass is 9.78. The third-order valence-electron chi connectivity index (χ3n) is 3.46. The molecule has 0 saturated heterocycles. The maximum absolute atomic E-state index is 13.5. The van der Waals surface area contributed by atoms with E-state index in [2.05, 4.69) is 9.71 Å². The summed E-state index contributed by atoms with van der Waals surface area (Å²) in [5.74, 6) is -0.693. The second-order valence-corrected chi connectivity index (χ2v) is 6.42. The van der Waals surface area contributed by atoms with Crippen LogP contribution >= 0.6 is 0 Å². The predicted molar refractivity (Wildman–Crippen MR) is 72.3 cm³/mol. The second-order valence-electron chi connectivity index (χ2n) is 4.74. The quantitative estimate of drug-likeness (QED) is 0.935. The molecule has 1 aromatic carbocycles. The lowest BCUT2D eigenvalue weighted by Gasteiger charge is -2.30. The minimum Gasteiger partial charge on any atom is -0.241 e. The average Bonchev–Trinajstić information content (AvgIpc) is 2.40. The van der Waals surface area contributed by atoms with Gasteiger partial charge in [-0.2, -0.15) is 0 Å². The van der Waals surface area contributed by atoms with Crippen LogP contribution in [-0.4, -0.2) is 19.9 Å². The van der Waals surface area contributed by atoms with E-state index in [4.69, 9.17) is 0 Å². The summed E-state index contributed by atoms with van der Waals surface area (Å²) in [5.41, 5.74) is 2.39. The zero-order valence-electron chi connectivity index (χ0n) is 10.6. The summed E-state index contributed by atoms with van der Waals surface area (Å²) >= 11 is 0. The predicted octanol–water partition coefficient (Wildman–Crippen LogP) is 1.84.